The highest BCUT2D eigenvalue weighted by molar-refractivity contribution is 6.30. The first-order valence-corrected chi connectivity index (χ1v) is 6.29. The normalized spacial score (nSPS) is 10.4. The number of hydrogen-bond donors (Lipinski definition) is 3. The van der Waals surface area contributed by atoms with Gasteiger partial charge < -0.3 is 10.4 Å². The molecule has 0 atom stereocenters. The highest BCUT2D eigenvalue weighted by Gasteiger charge is 2.10. The summed E-state index contributed by atoms with van der Waals surface area (Å²) >= 11 is 5.81. The average Bonchev–Trinajstić information content (AvgIpc) is 2.89. The monoisotopic (exact) mass is 279 g/mol. The van der Waals surface area contributed by atoms with Gasteiger partial charge in [0.05, 0.1) is 5.69 Å². The number of aliphatic hydroxyl groups excluding tert-OH is 1. The Kier molecular flexibility index (Phi) is 4.54. The van der Waals surface area contributed by atoms with Crippen molar-refractivity contribution in [2.24, 2.45) is 0 Å². The smallest absolute Gasteiger partial charge is 0.269 e. The SMILES string of the molecule is O=C(NCCCO)c1cc(-c2ccc(Cl)cc2)n[nH]1. The summed E-state index contributed by atoms with van der Waals surface area (Å²) in [6.45, 7) is 0.490. The minimum Gasteiger partial charge on any atom is -0.396 e. The van der Waals surface area contributed by atoms with Gasteiger partial charge in [-0.3, -0.25) is 9.89 Å². The first-order chi connectivity index (χ1) is 9.20. The van der Waals surface area contributed by atoms with Crippen LogP contribution in [0, 0.1) is 0 Å². The molecule has 1 aromatic carbocycles. The van der Waals surface area contributed by atoms with Gasteiger partial charge in [0.15, 0.2) is 0 Å². The number of benzene rings is 1. The summed E-state index contributed by atoms with van der Waals surface area (Å²) in [4.78, 5) is 11.7. The summed E-state index contributed by atoms with van der Waals surface area (Å²) < 4.78 is 0. The van der Waals surface area contributed by atoms with Crippen molar-refractivity contribution in [3.63, 3.8) is 0 Å². The van der Waals surface area contributed by atoms with E-state index in [2.05, 4.69) is 15.5 Å². The number of aromatic nitrogens is 2. The van der Waals surface area contributed by atoms with Crippen molar-refractivity contribution in [3.05, 3.63) is 41.0 Å². The van der Waals surface area contributed by atoms with Gasteiger partial charge in [-0.1, -0.05) is 23.7 Å². The van der Waals surface area contributed by atoms with Crippen molar-refractivity contribution >= 4 is 17.5 Å². The van der Waals surface area contributed by atoms with Crippen molar-refractivity contribution in [3.8, 4) is 11.3 Å². The Morgan fingerprint density at radius 2 is 2.11 bits per heavy atom. The molecule has 0 unspecified atom stereocenters. The van der Waals surface area contributed by atoms with Gasteiger partial charge in [0, 0.05) is 23.7 Å². The van der Waals surface area contributed by atoms with Crippen LogP contribution < -0.4 is 5.32 Å². The summed E-state index contributed by atoms with van der Waals surface area (Å²) in [5, 5.41) is 18.8. The molecule has 1 amide bonds. The van der Waals surface area contributed by atoms with Gasteiger partial charge in [0.2, 0.25) is 0 Å². The van der Waals surface area contributed by atoms with E-state index in [0.717, 1.165) is 5.56 Å². The number of rotatable bonds is 5. The zero-order chi connectivity index (χ0) is 13.7. The van der Waals surface area contributed by atoms with Crippen LogP contribution in [0.4, 0.5) is 0 Å². The zero-order valence-corrected chi connectivity index (χ0v) is 10.9. The third kappa shape index (κ3) is 3.56. The van der Waals surface area contributed by atoms with Gasteiger partial charge in [-0.15, -0.1) is 0 Å². The van der Waals surface area contributed by atoms with Crippen molar-refractivity contribution in [1.82, 2.24) is 15.5 Å². The van der Waals surface area contributed by atoms with Crippen LogP contribution in [0.3, 0.4) is 0 Å². The number of carbonyl (C=O) groups excluding carboxylic acids is 1. The van der Waals surface area contributed by atoms with Crippen LogP contribution in [0.25, 0.3) is 11.3 Å². The number of carbonyl (C=O) groups is 1. The largest absolute Gasteiger partial charge is 0.396 e. The standard InChI is InChI=1S/C13H14ClN3O2/c14-10-4-2-9(3-5-10)11-8-12(17-16-11)13(19)15-6-1-7-18/h2-5,8,18H,1,6-7H2,(H,15,19)(H,16,17). The molecule has 2 aromatic rings. The van der Waals surface area contributed by atoms with Gasteiger partial charge in [-0.05, 0) is 24.6 Å². The lowest BCUT2D eigenvalue weighted by Gasteiger charge is -2.00. The van der Waals surface area contributed by atoms with Crippen molar-refractivity contribution < 1.29 is 9.90 Å². The minimum atomic E-state index is -0.235. The predicted octanol–water partition coefficient (Wildman–Crippen LogP) is 1.84. The number of halogens is 1. The van der Waals surface area contributed by atoms with Gasteiger partial charge in [-0.2, -0.15) is 5.10 Å². The van der Waals surface area contributed by atoms with E-state index in [1.54, 1.807) is 18.2 Å². The predicted molar refractivity (Wildman–Crippen MR) is 73.1 cm³/mol. The molecular formula is C13H14ClN3O2. The first-order valence-electron chi connectivity index (χ1n) is 5.91. The van der Waals surface area contributed by atoms with E-state index in [0.29, 0.717) is 29.4 Å². The van der Waals surface area contributed by atoms with E-state index in [1.807, 2.05) is 12.1 Å². The van der Waals surface area contributed by atoms with Gasteiger partial charge in [0.1, 0.15) is 5.69 Å². The number of nitrogens with zero attached hydrogens (tertiary/aromatic N) is 1. The lowest BCUT2D eigenvalue weighted by Crippen LogP contribution is -2.25. The van der Waals surface area contributed by atoms with Crippen molar-refractivity contribution in [2.45, 2.75) is 6.42 Å². The number of hydrogen-bond acceptors (Lipinski definition) is 3. The zero-order valence-electron chi connectivity index (χ0n) is 10.2. The van der Waals surface area contributed by atoms with Gasteiger partial charge >= 0.3 is 0 Å². The number of aliphatic hydroxyl groups is 1. The summed E-state index contributed by atoms with van der Waals surface area (Å²) in [7, 11) is 0. The highest BCUT2D eigenvalue weighted by atomic mass is 35.5. The Hall–Kier alpha value is -1.85. The molecule has 0 aliphatic carbocycles. The lowest BCUT2D eigenvalue weighted by molar-refractivity contribution is 0.0946. The molecule has 0 aliphatic rings. The van der Waals surface area contributed by atoms with Crippen LogP contribution in [0.2, 0.25) is 5.02 Å². The summed E-state index contributed by atoms with van der Waals surface area (Å²) in [6, 6.07) is 8.90. The number of nitrogens with one attached hydrogen (secondary N) is 2. The topological polar surface area (TPSA) is 78.0 Å². The molecule has 0 saturated heterocycles. The van der Waals surface area contributed by atoms with Crippen LogP contribution in [-0.4, -0.2) is 34.4 Å². The summed E-state index contributed by atoms with van der Waals surface area (Å²) in [6.07, 6.45) is 0.532. The maximum absolute atomic E-state index is 11.7. The van der Waals surface area contributed by atoms with E-state index >= 15 is 0 Å². The molecule has 6 heteroatoms. The van der Waals surface area contributed by atoms with E-state index in [4.69, 9.17) is 16.7 Å². The van der Waals surface area contributed by atoms with E-state index in [1.165, 1.54) is 0 Å². The van der Waals surface area contributed by atoms with Crippen LogP contribution in [0.5, 0.6) is 0 Å². The molecule has 1 aromatic heterocycles. The maximum Gasteiger partial charge on any atom is 0.269 e. The Labute approximate surface area is 115 Å². The van der Waals surface area contributed by atoms with Crippen LogP contribution in [0.1, 0.15) is 16.9 Å². The Bertz CT molecular complexity index is 551. The number of aromatic amines is 1. The molecule has 0 fully saturated rings. The van der Waals surface area contributed by atoms with E-state index < -0.39 is 0 Å². The Morgan fingerprint density at radius 1 is 1.37 bits per heavy atom. The average molecular weight is 280 g/mol. The molecule has 0 bridgehead atoms. The molecular weight excluding hydrogens is 266 g/mol. The van der Waals surface area contributed by atoms with E-state index in [-0.39, 0.29) is 12.5 Å². The fourth-order valence-electron chi connectivity index (χ4n) is 1.58. The molecule has 1 heterocycles. The molecule has 0 aliphatic heterocycles. The Morgan fingerprint density at radius 3 is 2.79 bits per heavy atom. The number of amides is 1. The maximum atomic E-state index is 11.7. The minimum absolute atomic E-state index is 0.0548. The number of H-pyrrole nitrogens is 1. The van der Waals surface area contributed by atoms with Crippen LogP contribution >= 0.6 is 11.6 Å². The summed E-state index contributed by atoms with van der Waals surface area (Å²) in [5.41, 5.74) is 1.96. The molecule has 19 heavy (non-hydrogen) atoms. The summed E-state index contributed by atoms with van der Waals surface area (Å²) in [5.74, 6) is -0.235. The van der Waals surface area contributed by atoms with Crippen molar-refractivity contribution in [1.29, 1.82) is 0 Å². The third-order valence-electron chi connectivity index (χ3n) is 2.58. The second-order valence-corrected chi connectivity index (χ2v) is 4.44. The molecule has 3 N–H and O–H groups in total. The molecule has 2 rings (SSSR count). The molecule has 100 valence electrons. The molecule has 0 spiro atoms. The van der Waals surface area contributed by atoms with Gasteiger partial charge in [-0.25, -0.2) is 0 Å². The highest BCUT2D eigenvalue weighted by Crippen LogP contribution is 2.20. The van der Waals surface area contributed by atoms with Crippen LogP contribution in [-0.2, 0) is 0 Å². The fraction of sp³-hybridized carbons (Fsp3) is 0.231. The second kappa shape index (κ2) is 6.36. The second-order valence-electron chi connectivity index (χ2n) is 4.01. The van der Waals surface area contributed by atoms with Crippen molar-refractivity contribution in [2.75, 3.05) is 13.2 Å². The molecule has 0 saturated carbocycles. The quantitative estimate of drug-likeness (QED) is 0.731. The molecule has 0 radical (unpaired) electrons. The fourth-order valence-corrected chi connectivity index (χ4v) is 1.71. The first kappa shape index (κ1) is 13.6. The molecule has 5 nitrogen and oxygen atoms in total. The van der Waals surface area contributed by atoms with E-state index in [9.17, 15) is 4.79 Å². The lowest BCUT2D eigenvalue weighted by atomic mass is 10.1. The van der Waals surface area contributed by atoms with Crippen LogP contribution in [0.15, 0.2) is 30.3 Å². The van der Waals surface area contributed by atoms with Gasteiger partial charge in [0.25, 0.3) is 5.91 Å². The third-order valence-corrected chi connectivity index (χ3v) is 2.83. The Balaban J connectivity index is 2.06.